The quantitative estimate of drug-likeness (QED) is 0.402. The van der Waals surface area contributed by atoms with Crippen LogP contribution in [0.15, 0.2) is 0 Å². The molecule has 54 valence electrons. The molecule has 0 bridgehead atoms. The van der Waals surface area contributed by atoms with E-state index >= 15 is 0 Å². The highest BCUT2D eigenvalue weighted by Crippen LogP contribution is 1.91. The zero-order valence-electron chi connectivity index (χ0n) is 5.52. The van der Waals surface area contributed by atoms with Gasteiger partial charge >= 0.3 is 0 Å². The first-order valence-corrected chi connectivity index (χ1v) is 2.79. The minimum atomic E-state index is -0.285. The van der Waals surface area contributed by atoms with Gasteiger partial charge in [0.25, 0.3) is 0 Å². The molecule has 0 aliphatic rings. The maximum Gasteiger partial charge on any atom is 0.195 e. The van der Waals surface area contributed by atoms with Crippen molar-refractivity contribution in [1.29, 1.82) is 0 Å². The van der Waals surface area contributed by atoms with Gasteiger partial charge in [0, 0.05) is 6.42 Å². The maximum atomic E-state index is 10.2. The van der Waals surface area contributed by atoms with Gasteiger partial charge in [0.2, 0.25) is 0 Å². The van der Waals surface area contributed by atoms with Crippen LogP contribution in [0, 0.1) is 0 Å². The first-order valence-electron chi connectivity index (χ1n) is 2.79. The number of hydrogen-bond donors (Lipinski definition) is 0. The van der Waals surface area contributed by atoms with Crippen LogP contribution in [-0.4, -0.2) is 17.5 Å². The molecule has 2 N–H and O–H groups in total. The predicted octanol–water partition coefficient (Wildman–Crippen LogP) is 0.120. The van der Waals surface area contributed by atoms with Gasteiger partial charge in [-0.25, -0.2) is 0 Å². The molecule has 0 aliphatic carbocycles. The zero-order valence-corrected chi connectivity index (χ0v) is 5.52. The van der Waals surface area contributed by atoms with Crippen LogP contribution < -0.4 is 0 Å². The molecule has 0 aromatic rings. The molecule has 0 radical (unpaired) electrons. The first kappa shape index (κ1) is 11.1. The highest BCUT2D eigenvalue weighted by molar-refractivity contribution is 6.24. The number of rotatable bonds is 4. The number of carbonyl (C=O) groups excluding carboxylic acids is 2. The Morgan fingerprint density at radius 3 is 2.44 bits per heavy atom. The lowest BCUT2D eigenvalue weighted by atomic mass is 10.2. The monoisotopic (exact) mass is 132 g/mol. The number of carbonyl (C=O) groups is 2. The van der Waals surface area contributed by atoms with Gasteiger partial charge in [-0.2, -0.15) is 0 Å². The maximum absolute atomic E-state index is 10.2. The van der Waals surface area contributed by atoms with E-state index in [1.807, 2.05) is 6.92 Å². The number of Topliss-reactive ketones (excluding diaryl/α,β-unsaturated/α-hetero) is 1. The normalized spacial score (nSPS) is 7.67. The molecule has 0 atom stereocenters. The Hall–Kier alpha value is -0.700. The van der Waals surface area contributed by atoms with Crippen molar-refractivity contribution < 1.29 is 15.1 Å². The summed E-state index contributed by atoms with van der Waals surface area (Å²) in [4.78, 5) is 19.9. The van der Waals surface area contributed by atoms with E-state index in [4.69, 9.17) is 0 Å². The number of aldehydes is 1. The fourth-order valence-electron chi connectivity index (χ4n) is 0.410. The third-order valence-corrected chi connectivity index (χ3v) is 0.908. The van der Waals surface area contributed by atoms with Crippen molar-refractivity contribution in [3.63, 3.8) is 0 Å². The Kier molecular flexibility index (Phi) is 9.04. The van der Waals surface area contributed by atoms with E-state index in [0.717, 1.165) is 12.8 Å². The number of unbranched alkanes of at least 4 members (excludes halogenated alkanes) is 1. The van der Waals surface area contributed by atoms with Crippen LogP contribution in [0.4, 0.5) is 0 Å². The molecule has 0 heterocycles. The second-order valence-corrected chi connectivity index (χ2v) is 1.69. The third kappa shape index (κ3) is 7.30. The molecule has 0 aromatic carbocycles. The van der Waals surface area contributed by atoms with Gasteiger partial charge in [-0.05, 0) is 6.42 Å². The second kappa shape index (κ2) is 7.30. The van der Waals surface area contributed by atoms with E-state index in [0.29, 0.717) is 12.7 Å². The lowest BCUT2D eigenvalue weighted by Crippen LogP contribution is -1.96. The molecule has 0 aliphatic heterocycles. The molecule has 0 aromatic heterocycles. The van der Waals surface area contributed by atoms with E-state index < -0.39 is 0 Å². The van der Waals surface area contributed by atoms with Gasteiger partial charge in [0.05, 0.1) is 0 Å². The largest absolute Gasteiger partial charge is 0.412 e. The zero-order chi connectivity index (χ0) is 6.41. The van der Waals surface area contributed by atoms with Gasteiger partial charge in [-0.1, -0.05) is 13.3 Å². The summed E-state index contributed by atoms with van der Waals surface area (Å²) >= 11 is 0. The summed E-state index contributed by atoms with van der Waals surface area (Å²) in [6.45, 7) is 1.98. The summed E-state index contributed by atoms with van der Waals surface area (Å²) in [5.41, 5.74) is 0. The molecule has 0 unspecified atom stereocenters. The van der Waals surface area contributed by atoms with Crippen molar-refractivity contribution >= 4 is 12.1 Å². The Bertz CT molecular complexity index is 88.3. The molecule has 0 saturated carbocycles. The van der Waals surface area contributed by atoms with E-state index in [1.165, 1.54) is 0 Å². The fraction of sp³-hybridized carbons (Fsp3) is 0.667. The molecule has 0 rings (SSSR count). The summed E-state index contributed by atoms with van der Waals surface area (Å²) in [6, 6.07) is 0. The summed E-state index contributed by atoms with van der Waals surface area (Å²) in [5.74, 6) is -0.285. The van der Waals surface area contributed by atoms with Crippen LogP contribution in [-0.2, 0) is 9.59 Å². The standard InChI is InChI=1S/C6H10O2.H2O/c1-2-3-4-6(8)5-7;/h5H,2-4H2,1H3;1H2. The summed E-state index contributed by atoms with van der Waals surface area (Å²) in [5, 5.41) is 0. The third-order valence-electron chi connectivity index (χ3n) is 0.908. The van der Waals surface area contributed by atoms with E-state index in [2.05, 4.69) is 0 Å². The number of hydrogen-bond acceptors (Lipinski definition) is 2. The van der Waals surface area contributed by atoms with Crippen LogP contribution in [0.1, 0.15) is 26.2 Å². The summed E-state index contributed by atoms with van der Waals surface area (Å²) in [7, 11) is 0. The Labute approximate surface area is 54.4 Å². The molecule has 0 amide bonds. The lowest BCUT2D eigenvalue weighted by Gasteiger charge is -1.85. The molecular formula is C6H12O3. The van der Waals surface area contributed by atoms with Crippen molar-refractivity contribution in [1.82, 2.24) is 0 Å². The highest BCUT2D eigenvalue weighted by atomic mass is 16.2. The van der Waals surface area contributed by atoms with E-state index in [9.17, 15) is 9.59 Å². The van der Waals surface area contributed by atoms with Crippen LogP contribution in [0.2, 0.25) is 0 Å². The fourth-order valence-corrected chi connectivity index (χ4v) is 0.410. The number of ketones is 1. The first-order chi connectivity index (χ1) is 3.81. The molecule has 0 spiro atoms. The van der Waals surface area contributed by atoms with E-state index in [-0.39, 0.29) is 11.3 Å². The molecule has 9 heavy (non-hydrogen) atoms. The Morgan fingerprint density at radius 2 is 2.11 bits per heavy atom. The van der Waals surface area contributed by atoms with Gasteiger partial charge < -0.3 is 5.48 Å². The molecule has 3 nitrogen and oxygen atoms in total. The van der Waals surface area contributed by atoms with Crippen molar-refractivity contribution in [3.8, 4) is 0 Å². The minimum Gasteiger partial charge on any atom is -0.412 e. The second-order valence-electron chi connectivity index (χ2n) is 1.69. The Morgan fingerprint density at radius 1 is 1.56 bits per heavy atom. The minimum absolute atomic E-state index is 0. The van der Waals surface area contributed by atoms with Crippen molar-refractivity contribution in [2.45, 2.75) is 26.2 Å². The molecule has 3 heteroatoms. The van der Waals surface area contributed by atoms with Gasteiger partial charge in [0.15, 0.2) is 12.1 Å². The van der Waals surface area contributed by atoms with Gasteiger partial charge in [-0.3, -0.25) is 9.59 Å². The van der Waals surface area contributed by atoms with Crippen LogP contribution in [0.25, 0.3) is 0 Å². The van der Waals surface area contributed by atoms with Crippen molar-refractivity contribution in [3.05, 3.63) is 0 Å². The SMILES string of the molecule is CCCCC(=O)C=O.O. The van der Waals surface area contributed by atoms with Crippen molar-refractivity contribution in [2.24, 2.45) is 0 Å². The summed E-state index contributed by atoms with van der Waals surface area (Å²) < 4.78 is 0. The topological polar surface area (TPSA) is 65.6 Å². The molecule has 0 saturated heterocycles. The van der Waals surface area contributed by atoms with Crippen LogP contribution in [0.3, 0.4) is 0 Å². The van der Waals surface area contributed by atoms with Crippen molar-refractivity contribution in [2.75, 3.05) is 0 Å². The summed E-state index contributed by atoms with van der Waals surface area (Å²) in [6.07, 6.45) is 2.60. The smallest absolute Gasteiger partial charge is 0.195 e. The van der Waals surface area contributed by atoms with Gasteiger partial charge in [-0.15, -0.1) is 0 Å². The lowest BCUT2D eigenvalue weighted by molar-refractivity contribution is -0.129. The molecular weight excluding hydrogens is 120 g/mol. The van der Waals surface area contributed by atoms with Crippen LogP contribution in [0.5, 0.6) is 0 Å². The Balaban J connectivity index is 0. The average Bonchev–Trinajstić information content (AvgIpc) is 1.83. The average molecular weight is 132 g/mol. The predicted molar refractivity (Wildman–Crippen MR) is 34.2 cm³/mol. The van der Waals surface area contributed by atoms with Crippen LogP contribution >= 0.6 is 0 Å². The van der Waals surface area contributed by atoms with Gasteiger partial charge in [0.1, 0.15) is 0 Å². The highest BCUT2D eigenvalue weighted by Gasteiger charge is 1.94. The van der Waals surface area contributed by atoms with E-state index in [1.54, 1.807) is 0 Å². The molecule has 0 fully saturated rings.